The molecule has 3 heteroatoms. The highest BCUT2D eigenvalue weighted by atomic mass is 35.5. The number of nitrogens with two attached hydrogens (primary N) is 1. The SMILES string of the molecule is Cc1ccc(C(C)(C)CCN)c(Cl)n1. The summed E-state index contributed by atoms with van der Waals surface area (Å²) in [6, 6.07) is 4.03. The maximum Gasteiger partial charge on any atom is 0.133 e. The van der Waals surface area contributed by atoms with Crippen molar-refractivity contribution in [1.82, 2.24) is 4.98 Å². The number of halogens is 1. The monoisotopic (exact) mass is 212 g/mol. The fourth-order valence-corrected chi connectivity index (χ4v) is 1.98. The fraction of sp³-hybridized carbons (Fsp3) is 0.545. The second kappa shape index (κ2) is 4.28. The van der Waals surface area contributed by atoms with Crippen LogP contribution in [0.15, 0.2) is 12.1 Å². The van der Waals surface area contributed by atoms with Gasteiger partial charge >= 0.3 is 0 Å². The van der Waals surface area contributed by atoms with Crippen molar-refractivity contribution in [2.24, 2.45) is 5.73 Å². The quantitative estimate of drug-likeness (QED) is 0.783. The van der Waals surface area contributed by atoms with E-state index in [0.717, 1.165) is 17.7 Å². The van der Waals surface area contributed by atoms with E-state index in [-0.39, 0.29) is 5.41 Å². The van der Waals surface area contributed by atoms with Gasteiger partial charge in [-0.05, 0) is 36.9 Å². The average molecular weight is 213 g/mol. The Kier molecular flexibility index (Phi) is 3.51. The number of aromatic nitrogens is 1. The van der Waals surface area contributed by atoms with Crippen LogP contribution in [0.2, 0.25) is 5.15 Å². The van der Waals surface area contributed by atoms with Crippen molar-refractivity contribution < 1.29 is 0 Å². The molecule has 14 heavy (non-hydrogen) atoms. The summed E-state index contributed by atoms with van der Waals surface area (Å²) in [7, 11) is 0. The van der Waals surface area contributed by atoms with E-state index in [9.17, 15) is 0 Å². The van der Waals surface area contributed by atoms with Crippen molar-refractivity contribution in [2.45, 2.75) is 32.6 Å². The van der Waals surface area contributed by atoms with Gasteiger partial charge in [0.2, 0.25) is 0 Å². The lowest BCUT2D eigenvalue weighted by Crippen LogP contribution is -2.22. The van der Waals surface area contributed by atoms with E-state index in [2.05, 4.69) is 18.8 Å². The molecular weight excluding hydrogens is 196 g/mol. The normalized spacial score (nSPS) is 11.8. The van der Waals surface area contributed by atoms with E-state index in [1.165, 1.54) is 0 Å². The molecule has 1 aromatic rings. The zero-order valence-electron chi connectivity index (χ0n) is 8.97. The molecule has 0 fully saturated rings. The zero-order chi connectivity index (χ0) is 10.8. The Morgan fingerprint density at radius 2 is 2.07 bits per heavy atom. The topological polar surface area (TPSA) is 38.9 Å². The van der Waals surface area contributed by atoms with Crippen molar-refractivity contribution in [3.8, 4) is 0 Å². The van der Waals surface area contributed by atoms with Gasteiger partial charge in [-0.1, -0.05) is 31.5 Å². The molecule has 0 aliphatic heterocycles. The molecule has 0 spiro atoms. The standard InChI is InChI=1S/C11H17ClN2/c1-8-4-5-9(10(12)14-8)11(2,3)6-7-13/h4-5H,6-7,13H2,1-3H3. The highest BCUT2D eigenvalue weighted by Crippen LogP contribution is 2.31. The molecule has 1 aromatic heterocycles. The summed E-state index contributed by atoms with van der Waals surface area (Å²) in [5.74, 6) is 0. The Morgan fingerprint density at radius 1 is 1.43 bits per heavy atom. The first kappa shape index (κ1) is 11.5. The molecule has 2 N–H and O–H groups in total. The molecule has 2 nitrogen and oxygen atoms in total. The first-order chi connectivity index (χ1) is 6.47. The Balaban J connectivity index is 3.06. The Bertz CT molecular complexity index is 321. The van der Waals surface area contributed by atoms with Crippen molar-refractivity contribution in [3.05, 3.63) is 28.5 Å². The summed E-state index contributed by atoms with van der Waals surface area (Å²) < 4.78 is 0. The van der Waals surface area contributed by atoms with Crippen LogP contribution in [0.25, 0.3) is 0 Å². The number of aryl methyl sites for hydroxylation is 1. The van der Waals surface area contributed by atoms with Crippen LogP contribution in [0.1, 0.15) is 31.5 Å². The van der Waals surface area contributed by atoms with E-state index in [4.69, 9.17) is 17.3 Å². The first-order valence-corrected chi connectivity index (χ1v) is 5.19. The van der Waals surface area contributed by atoms with Gasteiger partial charge < -0.3 is 5.73 Å². The van der Waals surface area contributed by atoms with Gasteiger partial charge in [0.05, 0.1) is 0 Å². The summed E-state index contributed by atoms with van der Waals surface area (Å²) in [6.45, 7) is 6.87. The summed E-state index contributed by atoms with van der Waals surface area (Å²) >= 11 is 6.10. The second-order valence-electron chi connectivity index (χ2n) is 4.21. The van der Waals surface area contributed by atoms with E-state index in [1.54, 1.807) is 0 Å². The molecule has 0 saturated heterocycles. The number of hydrogen-bond donors (Lipinski definition) is 1. The second-order valence-corrected chi connectivity index (χ2v) is 4.57. The highest BCUT2D eigenvalue weighted by Gasteiger charge is 2.22. The molecule has 0 unspecified atom stereocenters. The zero-order valence-corrected chi connectivity index (χ0v) is 9.73. The molecule has 0 saturated carbocycles. The molecule has 0 atom stereocenters. The van der Waals surface area contributed by atoms with Crippen LogP contribution in [0.3, 0.4) is 0 Å². The Labute approximate surface area is 90.5 Å². The average Bonchev–Trinajstić information content (AvgIpc) is 2.02. The molecule has 0 radical (unpaired) electrons. The van der Waals surface area contributed by atoms with Gasteiger partial charge in [0.1, 0.15) is 5.15 Å². The van der Waals surface area contributed by atoms with Crippen molar-refractivity contribution in [3.63, 3.8) is 0 Å². The summed E-state index contributed by atoms with van der Waals surface area (Å²) in [4.78, 5) is 4.25. The smallest absolute Gasteiger partial charge is 0.133 e. The molecule has 0 aromatic carbocycles. The predicted octanol–water partition coefficient (Wildman–Crippen LogP) is 2.67. The first-order valence-electron chi connectivity index (χ1n) is 4.81. The van der Waals surface area contributed by atoms with Gasteiger partial charge in [0.15, 0.2) is 0 Å². The summed E-state index contributed by atoms with van der Waals surface area (Å²) in [5, 5.41) is 0.600. The van der Waals surface area contributed by atoms with Crippen molar-refractivity contribution >= 4 is 11.6 Å². The fourth-order valence-electron chi connectivity index (χ4n) is 1.53. The van der Waals surface area contributed by atoms with E-state index >= 15 is 0 Å². The minimum absolute atomic E-state index is 0.00648. The lowest BCUT2D eigenvalue weighted by molar-refractivity contribution is 0.486. The number of rotatable bonds is 3. The molecule has 78 valence electrons. The molecule has 0 aliphatic carbocycles. The van der Waals surface area contributed by atoms with Gasteiger partial charge in [-0.25, -0.2) is 4.98 Å². The van der Waals surface area contributed by atoms with E-state index < -0.39 is 0 Å². The van der Waals surface area contributed by atoms with Crippen LogP contribution in [-0.2, 0) is 5.41 Å². The largest absolute Gasteiger partial charge is 0.330 e. The minimum atomic E-state index is 0.00648. The van der Waals surface area contributed by atoms with Crippen LogP contribution in [0.4, 0.5) is 0 Å². The number of pyridine rings is 1. The van der Waals surface area contributed by atoms with Crippen LogP contribution in [0.5, 0.6) is 0 Å². The van der Waals surface area contributed by atoms with Crippen molar-refractivity contribution in [1.29, 1.82) is 0 Å². The van der Waals surface area contributed by atoms with Gasteiger partial charge in [0, 0.05) is 5.69 Å². The highest BCUT2D eigenvalue weighted by molar-refractivity contribution is 6.30. The Hall–Kier alpha value is -0.600. The Morgan fingerprint density at radius 3 is 2.57 bits per heavy atom. The van der Waals surface area contributed by atoms with Crippen LogP contribution in [0, 0.1) is 6.92 Å². The van der Waals surface area contributed by atoms with Gasteiger partial charge in [-0.2, -0.15) is 0 Å². The summed E-state index contributed by atoms with van der Waals surface area (Å²) in [5.41, 5.74) is 7.60. The molecule has 0 amide bonds. The van der Waals surface area contributed by atoms with E-state index in [0.29, 0.717) is 11.7 Å². The lowest BCUT2D eigenvalue weighted by Gasteiger charge is -2.25. The third kappa shape index (κ3) is 2.46. The van der Waals surface area contributed by atoms with Gasteiger partial charge in [-0.3, -0.25) is 0 Å². The van der Waals surface area contributed by atoms with Crippen molar-refractivity contribution in [2.75, 3.05) is 6.54 Å². The van der Waals surface area contributed by atoms with Gasteiger partial charge in [0.25, 0.3) is 0 Å². The molecule has 0 aliphatic rings. The van der Waals surface area contributed by atoms with Crippen LogP contribution >= 0.6 is 11.6 Å². The number of nitrogens with zero attached hydrogens (tertiary/aromatic N) is 1. The van der Waals surface area contributed by atoms with Gasteiger partial charge in [-0.15, -0.1) is 0 Å². The van der Waals surface area contributed by atoms with Crippen LogP contribution < -0.4 is 5.73 Å². The lowest BCUT2D eigenvalue weighted by atomic mass is 9.82. The van der Waals surface area contributed by atoms with E-state index in [1.807, 2.05) is 19.1 Å². The molecule has 0 bridgehead atoms. The minimum Gasteiger partial charge on any atom is -0.330 e. The van der Waals surface area contributed by atoms with Crippen LogP contribution in [-0.4, -0.2) is 11.5 Å². The molecular formula is C11H17ClN2. The third-order valence-electron chi connectivity index (χ3n) is 2.49. The molecule has 1 heterocycles. The number of hydrogen-bond acceptors (Lipinski definition) is 2. The summed E-state index contributed by atoms with van der Waals surface area (Å²) in [6.07, 6.45) is 0.914. The molecule has 1 rings (SSSR count). The third-order valence-corrected chi connectivity index (χ3v) is 2.77. The maximum atomic E-state index is 6.10. The maximum absolute atomic E-state index is 6.10. The predicted molar refractivity (Wildman–Crippen MR) is 60.7 cm³/mol.